The third-order valence-corrected chi connectivity index (χ3v) is 4.26. The topological polar surface area (TPSA) is 44.1 Å². The summed E-state index contributed by atoms with van der Waals surface area (Å²) in [6.45, 7) is 1.94. The molecule has 0 aliphatic rings. The summed E-state index contributed by atoms with van der Waals surface area (Å²) in [4.78, 5) is 4.33. The van der Waals surface area contributed by atoms with Crippen molar-refractivity contribution in [2.24, 2.45) is 0 Å². The van der Waals surface area contributed by atoms with E-state index in [9.17, 15) is 8.60 Å². The first kappa shape index (κ1) is 15.3. The van der Waals surface area contributed by atoms with Crippen LogP contribution < -0.4 is 4.74 Å². The van der Waals surface area contributed by atoms with Crippen molar-refractivity contribution in [3.8, 4) is 5.75 Å². The first-order chi connectivity index (χ1) is 9.47. The number of nitrogens with zero attached hydrogens (tertiary/aromatic N) is 2. The van der Waals surface area contributed by atoms with E-state index >= 15 is 0 Å². The predicted octanol–water partition coefficient (Wildman–Crippen LogP) is 2.86. The molecule has 0 N–H and O–H groups in total. The Hall–Kier alpha value is -1.14. The van der Waals surface area contributed by atoms with Crippen LogP contribution in [-0.2, 0) is 16.7 Å². The summed E-state index contributed by atoms with van der Waals surface area (Å²) in [5.41, 5.74) is 1.25. The average Bonchev–Trinajstić information content (AvgIpc) is 2.74. The van der Waals surface area contributed by atoms with Crippen molar-refractivity contribution in [3.63, 3.8) is 0 Å². The summed E-state index contributed by atoms with van der Waals surface area (Å²) in [5, 5.41) is 0. The standard InChI is InChI=1S/C13H16ClFN2O2S/c1-8(7-20(3)18)17-11-5-12(19-2)9(15)4-10(11)16-13(17)6-14/h4-5,8H,6-7H2,1-3H3. The summed E-state index contributed by atoms with van der Waals surface area (Å²) in [6, 6.07) is 2.88. The summed E-state index contributed by atoms with van der Waals surface area (Å²) < 4.78 is 32.0. The van der Waals surface area contributed by atoms with Crippen LogP contribution in [0.2, 0.25) is 0 Å². The molecule has 0 radical (unpaired) electrons. The van der Waals surface area contributed by atoms with Gasteiger partial charge in [0.1, 0.15) is 5.82 Å². The minimum Gasteiger partial charge on any atom is -0.494 e. The van der Waals surface area contributed by atoms with Gasteiger partial charge in [-0.05, 0) is 6.92 Å². The first-order valence-electron chi connectivity index (χ1n) is 6.08. The van der Waals surface area contributed by atoms with E-state index in [1.165, 1.54) is 13.2 Å². The lowest BCUT2D eigenvalue weighted by atomic mass is 10.2. The lowest BCUT2D eigenvalue weighted by Gasteiger charge is -2.16. The van der Waals surface area contributed by atoms with Gasteiger partial charge in [-0.15, -0.1) is 11.6 Å². The molecular weight excluding hydrogens is 303 g/mol. The molecule has 2 rings (SSSR count). The Bertz CT molecular complexity index is 659. The van der Waals surface area contributed by atoms with Crippen LogP contribution in [-0.4, -0.2) is 32.9 Å². The number of benzene rings is 1. The SMILES string of the molecule is COc1cc2c(cc1F)nc(CCl)n2C(C)CS(C)=O. The van der Waals surface area contributed by atoms with Crippen molar-refractivity contribution in [3.05, 3.63) is 23.8 Å². The highest BCUT2D eigenvalue weighted by atomic mass is 35.5. The lowest BCUT2D eigenvalue weighted by molar-refractivity contribution is 0.387. The first-order valence-corrected chi connectivity index (χ1v) is 8.34. The highest BCUT2D eigenvalue weighted by Gasteiger charge is 2.18. The van der Waals surface area contributed by atoms with E-state index < -0.39 is 16.6 Å². The number of halogens is 2. The van der Waals surface area contributed by atoms with Crippen LogP contribution in [0.4, 0.5) is 4.39 Å². The second kappa shape index (κ2) is 6.10. The van der Waals surface area contributed by atoms with E-state index in [4.69, 9.17) is 16.3 Å². The number of ether oxygens (including phenoxy) is 1. The molecule has 2 aromatic rings. The Morgan fingerprint density at radius 2 is 2.25 bits per heavy atom. The smallest absolute Gasteiger partial charge is 0.167 e. The maximum atomic E-state index is 13.7. The second-order valence-electron chi connectivity index (χ2n) is 4.60. The summed E-state index contributed by atoms with van der Waals surface area (Å²) >= 11 is 5.91. The van der Waals surface area contributed by atoms with E-state index in [1.807, 2.05) is 11.5 Å². The van der Waals surface area contributed by atoms with E-state index in [1.54, 1.807) is 12.3 Å². The van der Waals surface area contributed by atoms with Crippen molar-refractivity contribution in [1.82, 2.24) is 9.55 Å². The average molecular weight is 319 g/mol. The van der Waals surface area contributed by atoms with Crippen LogP contribution in [0.1, 0.15) is 18.8 Å². The molecule has 1 aromatic heterocycles. The Balaban J connectivity index is 2.63. The zero-order valence-electron chi connectivity index (χ0n) is 11.5. The third-order valence-electron chi connectivity index (χ3n) is 3.07. The van der Waals surface area contributed by atoms with Gasteiger partial charge in [-0.3, -0.25) is 4.21 Å². The largest absolute Gasteiger partial charge is 0.494 e. The minimum atomic E-state index is -0.942. The molecule has 2 atom stereocenters. The Labute approximate surface area is 124 Å². The summed E-state index contributed by atoms with van der Waals surface area (Å²) in [7, 11) is 0.473. The quantitative estimate of drug-likeness (QED) is 0.796. The number of fused-ring (bicyclic) bond motifs is 1. The summed E-state index contributed by atoms with van der Waals surface area (Å²) in [5.74, 6) is 1.02. The Morgan fingerprint density at radius 1 is 1.55 bits per heavy atom. The van der Waals surface area contributed by atoms with Crippen molar-refractivity contribution in [2.45, 2.75) is 18.8 Å². The molecule has 1 heterocycles. The highest BCUT2D eigenvalue weighted by molar-refractivity contribution is 7.84. The molecule has 2 unspecified atom stereocenters. The van der Waals surface area contributed by atoms with Crippen LogP contribution in [0.25, 0.3) is 11.0 Å². The van der Waals surface area contributed by atoms with Gasteiger partial charge in [-0.1, -0.05) is 0 Å². The molecule has 0 spiro atoms. The van der Waals surface area contributed by atoms with Gasteiger partial charge in [0.15, 0.2) is 11.6 Å². The zero-order valence-corrected chi connectivity index (χ0v) is 13.1. The molecule has 110 valence electrons. The van der Waals surface area contributed by atoms with E-state index in [-0.39, 0.29) is 17.7 Å². The Kier molecular flexibility index (Phi) is 4.65. The van der Waals surface area contributed by atoms with Gasteiger partial charge in [0.05, 0.1) is 24.0 Å². The van der Waals surface area contributed by atoms with E-state index in [0.717, 1.165) is 5.52 Å². The highest BCUT2D eigenvalue weighted by Crippen LogP contribution is 2.28. The maximum Gasteiger partial charge on any atom is 0.167 e. The molecular formula is C13H16ClFN2O2S. The van der Waals surface area contributed by atoms with Crippen LogP contribution in [0, 0.1) is 5.82 Å². The monoisotopic (exact) mass is 318 g/mol. The number of aromatic nitrogens is 2. The van der Waals surface area contributed by atoms with Crippen molar-refractivity contribution in [1.29, 1.82) is 0 Å². The molecule has 7 heteroatoms. The number of methoxy groups -OCH3 is 1. The van der Waals surface area contributed by atoms with Crippen molar-refractivity contribution >= 4 is 33.4 Å². The number of rotatable bonds is 5. The van der Waals surface area contributed by atoms with Gasteiger partial charge in [0, 0.05) is 41.0 Å². The fourth-order valence-corrected chi connectivity index (χ4v) is 3.32. The van der Waals surface area contributed by atoms with Gasteiger partial charge < -0.3 is 9.30 Å². The zero-order chi connectivity index (χ0) is 14.9. The molecule has 0 aliphatic heterocycles. The Morgan fingerprint density at radius 3 is 2.80 bits per heavy atom. The fourth-order valence-electron chi connectivity index (χ4n) is 2.30. The number of alkyl halides is 1. The van der Waals surface area contributed by atoms with Crippen molar-refractivity contribution in [2.75, 3.05) is 19.1 Å². The molecule has 0 fully saturated rings. The van der Waals surface area contributed by atoms with Gasteiger partial charge in [0.2, 0.25) is 0 Å². The predicted molar refractivity (Wildman–Crippen MR) is 79.4 cm³/mol. The van der Waals surface area contributed by atoms with Crippen molar-refractivity contribution < 1.29 is 13.3 Å². The molecule has 0 saturated heterocycles. The van der Waals surface area contributed by atoms with Crippen LogP contribution >= 0.6 is 11.6 Å². The number of hydrogen-bond acceptors (Lipinski definition) is 3. The summed E-state index contributed by atoms with van der Waals surface area (Å²) in [6.07, 6.45) is 1.65. The number of hydrogen-bond donors (Lipinski definition) is 0. The molecule has 20 heavy (non-hydrogen) atoms. The molecule has 1 aromatic carbocycles. The molecule has 0 aliphatic carbocycles. The van der Waals surface area contributed by atoms with Gasteiger partial charge in [-0.2, -0.15) is 0 Å². The van der Waals surface area contributed by atoms with Crippen LogP contribution in [0.5, 0.6) is 5.75 Å². The van der Waals surface area contributed by atoms with Gasteiger partial charge in [0.25, 0.3) is 0 Å². The minimum absolute atomic E-state index is 0.0465. The fraction of sp³-hybridized carbons (Fsp3) is 0.462. The van der Waals surface area contributed by atoms with Crippen LogP contribution in [0.15, 0.2) is 12.1 Å². The van der Waals surface area contributed by atoms with E-state index in [0.29, 0.717) is 17.1 Å². The lowest BCUT2D eigenvalue weighted by Crippen LogP contribution is -2.15. The molecule has 4 nitrogen and oxygen atoms in total. The maximum absolute atomic E-state index is 13.7. The van der Waals surface area contributed by atoms with Crippen LogP contribution in [0.3, 0.4) is 0 Å². The molecule has 0 amide bonds. The van der Waals surface area contributed by atoms with Gasteiger partial charge in [-0.25, -0.2) is 9.37 Å². The second-order valence-corrected chi connectivity index (χ2v) is 6.34. The molecule has 0 bridgehead atoms. The van der Waals surface area contributed by atoms with E-state index in [2.05, 4.69) is 4.98 Å². The third kappa shape index (κ3) is 2.81. The van der Waals surface area contributed by atoms with Gasteiger partial charge >= 0.3 is 0 Å². The molecule has 0 saturated carbocycles. The normalized spacial score (nSPS) is 14.4. The number of imidazole rings is 1.